The number of halogens is 3. The average molecular weight is 476 g/mol. The number of sulfonamides is 1. The Morgan fingerprint density at radius 3 is 2.53 bits per heavy atom. The third-order valence-corrected chi connectivity index (χ3v) is 7.41. The van der Waals surface area contributed by atoms with Crippen molar-refractivity contribution in [3.8, 4) is 0 Å². The van der Waals surface area contributed by atoms with Gasteiger partial charge < -0.3 is 0 Å². The van der Waals surface area contributed by atoms with E-state index >= 15 is 0 Å². The van der Waals surface area contributed by atoms with E-state index in [4.69, 9.17) is 0 Å². The lowest BCUT2D eigenvalue weighted by atomic mass is 10.2. The van der Waals surface area contributed by atoms with Gasteiger partial charge >= 0.3 is 0 Å². The van der Waals surface area contributed by atoms with Crippen molar-refractivity contribution in [3.63, 3.8) is 0 Å². The van der Waals surface area contributed by atoms with Crippen LogP contribution in [0.3, 0.4) is 0 Å². The van der Waals surface area contributed by atoms with Crippen molar-refractivity contribution in [2.75, 3.05) is 6.54 Å². The molecule has 1 atom stereocenters. The van der Waals surface area contributed by atoms with Crippen LogP contribution in [0, 0.1) is 12.8 Å². The quantitative estimate of drug-likeness (QED) is 0.655. The Bertz CT molecular complexity index is 585. The number of benzene rings is 1. The summed E-state index contributed by atoms with van der Waals surface area (Å²) in [5.41, 5.74) is 0.988. The largest absolute Gasteiger partial charge is 0.241 e. The van der Waals surface area contributed by atoms with Crippen LogP contribution in [0.1, 0.15) is 18.4 Å². The Kier molecular flexibility index (Phi) is 5.15. The average Bonchev–Trinajstić information content (AvgIpc) is 3.14. The number of hydrogen-bond donors (Lipinski definition) is 1. The predicted molar refractivity (Wildman–Crippen MR) is 87.2 cm³/mol. The van der Waals surface area contributed by atoms with E-state index in [1.807, 2.05) is 6.92 Å². The molecule has 1 saturated carbocycles. The molecule has 1 aliphatic rings. The molecule has 0 bridgehead atoms. The molecular weight excluding hydrogens is 462 g/mol. The highest BCUT2D eigenvalue weighted by Gasteiger charge is 2.30. The van der Waals surface area contributed by atoms with E-state index in [1.165, 1.54) is 12.8 Å². The summed E-state index contributed by atoms with van der Waals surface area (Å²) in [6.45, 7) is 2.34. The van der Waals surface area contributed by atoms with Crippen LogP contribution < -0.4 is 4.72 Å². The topological polar surface area (TPSA) is 46.2 Å². The Morgan fingerprint density at radius 2 is 1.95 bits per heavy atom. The normalized spacial score (nSPS) is 17.5. The first kappa shape index (κ1) is 15.9. The van der Waals surface area contributed by atoms with Gasteiger partial charge in [0.15, 0.2) is 0 Å². The van der Waals surface area contributed by atoms with Gasteiger partial charge in [-0.1, -0.05) is 31.9 Å². The summed E-state index contributed by atoms with van der Waals surface area (Å²) in [6, 6.07) is 3.42. The molecule has 3 nitrogen and oxygen atoms in total. The van der Waals surface area contributed by atoms with Gasteiger partial charge in [0.25, 0.3) is 0 Å². The van der Waals surface area contributed by atoms with Crippen molar-refractivity contribution in [2.45, 2.75) is 29.5 Å². The Morgan fingerprint density at radius 1 is 1.32 bits per heavy atom. The lowest BCUT2D eigenvalue weighted by Crippen LogP contribution is -2.30. The highest BCUT2D eigenvalue weighted by atomic mass is 79.9. The summed E-state index contributed by atoms with van der Waals surface area (Å²) in [5, 5.41) is 0. The van der Waals surface area contributed by atoms with Gasteiger partial charge in [-0.2, -0.15) is 0 Å². The van der Waals surface area contributed by atoms with E-state index in [1.54, 1.807) is 12.1 Å². The zero-order valence-corrected chi connectivity index (χ0v) is 15.9. The van der Waals surface area contributed by atoms with Crippen molar-refractivity contribution < 1.29 is 8.42 Å². The molecule has 1 aliphatic carbocycles. The number of aryl methyl sites for hydroxylation is 1. The Hall–Kier alpha value is 0.570. The first-order valence-electron chi connectivity index (χ1n) is 5.90. The van der Waals surface area contributed by atoms with E-state index in [9.17, 15) is 8.42 Å². The molecular formula is C12H14Br3NO2S. The maximum atomic E-state index is 12.3. The van der Waals surface area contributed by atoms with Crippen LogP contribution >= 0.6 is 47.8 Å². The number of hydrogen-bond acceptors (Lipinski definition) is 2. The molecule has 1 N–H and O–H groups in total. The zero-order chi connectivity index (χ0) is 14.2. The number of rotatable bonds is 5. The van der Waals surface area contributed by atoms with Crippen molar-refractivity contribution in [1.82, 2.24) is 4.72 Å². The van der Waals surface area contributed by atoms with Crippen molar-refractivity contribution in [3.05, 3.63) is 26.6 Å². The van der Waals surface area contributed by atoms with Crippen LogP contribution in [0.2, 0.25) is 0 Å². The molecule has 0 aliphatic heterocycles. The maximum absolute atomic E-state index is 12.3. The summed E-state index contributed by atoms with van der Waals surface area (Å²) in [7, 11) is -3.49. The number of alkyl halides is 1. The van der Waals surface area contributed by atoms with E-state index in [0.29, 0.717) is 16.9 Å². The molecule has 1 unspecified atom stereocenters. The molecule has 2 rings (SSSR count). The zero-order valence-electron chi connectivity index (χ0n) is 10.3. The van der Waals surface area contributed by atoms with Gasteiger partial charge in [-0.15, -0.1) is 0 Å². The monoisotopic (exact) mass is 473 g/mol. The summed E-state index contributed by atoms with van der Waals surface area (Å²) >= 11 is 10.2. The van der Waals surface area contributed by atoms with Gasteiger partial charge in [-0.3, -0.25) is 0 Å². The molecule has 106 valence electrons. The van der Waals surface area contributed by atoms with Gasteiger partial charge in [0, 0.05) is 20.3 Å². The Labute approximate surface area is 139 Å². The van der Waals surface area contributed by atoms with Crippen LogP contribution in [0.25, 0.3) is 0 Å². The first-order chi connectivity index (χ1) is 8.81. The Balaban J connectivity index is 2.16. The standard InChI is InChI=1S/C12H14Br3NO2S/c1-7-4-10(14)12(5-9(7)13)19(17,18)16-6-11(15)8-2-3-8/h4-5,8,11,16H,2-3,6H2,1H3. The van der Waals surface area contributed by atoms with E-state index in [0.717, 1.165) is 10.0 Å². The second kappa shape index (κ2) is 6.13. The smallest absolute Gasteiger partial charge is 0.210 e. The van der Waals surface area contributed by atoms with Crippen LogP contribution in [-0.4, -0.2) is 19.8 Å². The van der Waals surface area contributed by atoms with Crippen LogP contribution in [0.4, 0.5) is 0 Å². The SMILES string of the molecule is Cc1cc(Br)c(S(=O)(=O)NCC(Br)C2CC2)cc1Br. The van der Waals surface area contributed by atoms with Crippen LogP contribution in [0.15, 0.2) is 26.0 Å². The van der Waals surface area contributed by atoms with Gasteiger partial charge in [0.05, 0.1) is 4.90 Å². The fraction of sp³-hybridized carbons (Fsp3) is 0.500. The number of nitrogens with one attached hydrogen (secondary N) is 1. The molecule has 0 spiro atoms. The van der Waals surface area contributed by atoms with E-state index in [-0.39, 0.29) is 9.72 Å². The van der Waals surface area contributed by atoms with E-state index < -0.39 is 10.0 Å². The van der Waals surface area contributed by atoms with Crippen molar-refractivity contribution in [2.24, 2.45) is 5.92 Å². The first-order valence-corrected chi connectivity index (χ1v) is 9.89. The van der Waals surface area contributed by atoms with E-state index in [2.05, 4.69) is 52.5 Å². The summed E-state index contributed by atoms with van der Waals surface area (Å²) in [6.07, 6.45) is 2.36. The van der Waals surface area contributed by atoms with Gasteiger partial charge in [-0.25, -0.2) is 13.1 Å². The second-order valence-electron chi connectivity index (χ2n) is 4.74. The molecule has 0 saturated heterocycles. The van der Waals surface area contributed by atoms with Gasteiger partial charge in [0.2, 0.25) is 10.0 Å². The summed E-state index contributed by atoms with van der Waals surface area (Å²) in [4.78, 5) is 0.482. The summed E-state index contributed by atoms with van der Waals surface area (Å²) < 4.78 is 28.6. The van der Waals surface area contributed by atoms with Gasteiger partial charge in [-0.05, 0) is 59.3 Å². The fourth-order valence-corrected chi connectivity index (χ4v) is 5.37. The highest BCUT2D eigenvalue weighted by molar-refractivity contribution is 9.11. The minimum absolute atomic E-state index is 0.218. The van der Waals surface area contributed by atoms with Gasteiger partial charge in [0.1, 0.15) is 0 Å². The second-order valence-corrected chi connectivity index (χ2v) is 9.36. The lowest BCUT2D eigenvalue weighted by Gasteiger charge is -2.13. The van der Waals surface area contributed by atoms with Crippen LogP contribution in [-0.2, 0) is 10.0 Å². The predicted octanol–water partition coefficient (Wildman–Crippen LogP) is 3.97. The molecule has 0 aromatic heterocycles. The van der Waals surface area contributed by atoms with Crippen molar-refractivity contribution >= 4 is 57.8 Å². The molecule has 19 heavy (non-hydrogen) atoms. The molecule has 1 fully saturated rings. The van der Waals surface area contributed by atoms with Crippen molar-refractivity contribution in [1.29, 1.82) is 0 Å². The third-order valence-electron chi connectivity index (χ3n) is 3.10. The molecule has 0 amide bonds. The lowest BCUT2D eigenvalue weighted by molar-refractivity contribution is 0.577. The molecule has 0 radical (unpaired) electrons. The fourth-order valence-electron chi connectivity index (χ4n) is 1.73. The highest BCUT2D eigenvalue weighted by Crippen LogP contribution is 2.36. The summed E-state index contributed by atoms with van der Waals surface area (Å²) in [5.74, 6) is 0.607. The molecule has 1 aromatic carbocycles. The molecule has 0 heterocycles. The maximum Gasteiger partial charge on any atom is 0.241 e. The molecule has 7 heteroatoms. The van der Waals surface area contributed by atoms with Crippen LogP contribution in [0.5, 0.6) is 0 Å². The third kappa shape index (κ3) is 4.03. The minimum atomic E-state index is -3.49. The molecule has 1 aromatic rings. The minimum Gasteiger partial charge on any atom is -0.210 e.